The second-order valence-corrected chi connectivity index (χ2v) is 5.86. The summed E-state index contributed by atoms with van der Waals surface area (Å²) in [6, 6.07) is 4.63. The highest BCUT2D eigenvalue weighted by Gasteiger charge is 2.29. The van der Waals surface area contributed by atoms with Gasteiger partial charge < -0.3 is 11.5 Å². The van der Waals surface area contributed by atoms with E-state index < -0.39 is 10.8 Å². The van der Waals surface area contributed by atoms with Gasteiger partial charge in [-0.05, 0) is 31.4 Å². The predicted octanol–water partition coefficient (Wildman–Crippen LogP) is 1.25. The van der Waals surface area contributed by atoms with Crippen LogP contribution in [0, 0.1) is 16.0 Å². The summed E-state index contributed by atoms with van der Waals surface area (Å²) < 4.78 is 0. The maximum atomic E-state index is 11.3. The van der Waals surface area contributed by atoms with Gasteiger partial charge in [-0.3, -0.25) is 19.8 Å². The molecule has 1 aliphatic rings. The molecule has 0 spiro atoms. The molecule has 120 valence electrons. The van der Waals surface area contributed by atoms with Crippen molar-refractivity contribution in [1.29, 1.82) is 0 Å². The standard InChI is InChI=1S/C15H22N4O3/c1-10-3-2-6-18(14(10)8-16)9-12-5-4-11(15(17)20)7-13(12)19(21)22/h4-5,7,10,14H,2-3,6,8-9,16H2,1H3,(H2,17,20). The van der Waals surface area contributed by atoms with Crippen molar-refractivity contribution in [2.45, 2.75) is 32.4 Å². The van der Waals surface area contributed by atoms with Crippen LogP contribution in [0.3, 0.4) is 0 Å². The molecule has 1 fully saturated rings. The average molecular weight is 306 g/mol. The molecule has 0 aliphatic carbocycles. The first-order valence-corrected chi connectivity index (χ1v) is 7.45. The van der Waals surface area contributed by atoms with Crippen LogP contribution in [0.2, 0.25) is 0 Å². The number of nitrogens with two attached hydrogens (primary N) is 2. The summed E-state index contributed by atoms with van der Waals surface area (Å²) in [7, 11) is 0. The maximum Gasteiger partial charge on any atom is 0.274 e. The third-order valence-corrected chi connectivity index (χ3v) is 4.41. The summed E-state index contributed by atoms with van der Waals surface area (Å²) in [6.07, 6.45) is 2.19. The van der Waals surface area contributed by atoms with E-state index in [1.165, 1.54) is 12.1 Å². The first-order chi connectivity index (χ1) is 10.4. The van der Waals surface area contributed by atoms with E-state index in [4.69, 9.17) is 11.5 Å². The summed E-state index contributed by atoms with van der Waals surface area (Å²) >= 11 is 0. The van der Waals surface area contributed by atoms with Gasteiger partial charge in [-0.1, -0.05) is 13.0 Å². The van der Waals surface area contributed by atoms with Crippen LogP contribution in [0.5, 0.6) is 0 Å². The molecule has 2 rings (SSSR count). The number of benzene rings is 1. The zero-order chi connectivity index (χ0) is 16.3. The summed E-state index contributed by atoms with van der Waals surface area (Å²) in [6.45, 7) is 4.03. The minimum absolute atomic E-state index is 0.0645. The van der Waals surface area contributed by atoms with Crippen molar-refractivity contribution in [3.8, 4) is 0 Å². The van der Waals surface area contributed by atoms with E-state index in [0.29, 0.717) is 24.6 Å². The van der Waals surface area contributed by atoms with Crippen LogP contribution in [0.15, 0.2) is 18.2 Å². The Hall–Kier alpha value is -1.99. The SMILES string of the molecule is CC1CCCN(Cc2ccc(C(N)=O)cc2[N+](=O)[O-])C1CN. The molecule has 2 atom stereocenters. The highest BCUT2D eigenvalue weighted by Crippen LogP contribution is 2.28. The first kappa shape index (κ1) is 16.4. The van der Waals surface area contributed by atoms with Gasteiger partial charge in [-0.25, -0.2) is 0 Å². The Bertz CT molecular complexity index is 576. The minimum Gasteiger partial charge on any atom is -0.366 e. The van der Waals surface area contributed by atoms with E-state index in [0.717, 1.165) is 19.4 Å². The van der Waals surface area contributed by atoms with Crippen molar-refractivity contribution in [2.75, 3.05) is 13.1 Å². The lowest BCUT2D eigenvalue weighted by molar-refractivity contribution is -0.385. The fourth-order valence-corrected chi connectivity index (χ4v) is 3.15. The van der Waals surface area contributed by atoms with Crippen LogP contribution < -0.4 is 11.5 Å². The second kappa shape index (κ2) is 6.85. The van der Waals surface area contributed by atoms with Gasteiger partial charge in [0.2, 0.25) is 5.91 Å². The number of primary amides is 1. The van der Waals surface area contributed by atoms with Crippen molar-refractivity contribution in [3.63, 3.8) is 0 Å². The zero-order valence-electron chi connectivity index (χ0n) is 12.7. The van der Waals surface area contributed by atoms with Crippen molar-refractivity contribution < 1.29 is 9.72 Å². The summed E-state index contributed by atoms with van der Waals surface area (Å²) in [4.78, 5) is 24.2. The maximum absolute atomic E-state index is 11.3. The molecule has 1 amide bonds. The van der Waals surface area contributed by atoms with Gasteiger partial charge in [0.1, 0.15) is 0 Å². The Balaban J connectivity index is 2.28. The number of nitro benzene ring substituents is 1. The smallest absolute Gasteiger partial charge is 0.274 e. The van der Waals surface area contributed by atoms with E-state index in [1.54, 1.807) is 6.07 Å². The lowest BCUT2D eigenvalue weighted by Crippen LogP contribution is -2.48. The molecule has 0 radical (unpaired) electrons. The molecule has 22 heavy (non-hydrogen) atoms. The minimum atomic E-state index is -0.666. The second-order valence-electron chi connectivity index (χ2n) is 5.86. The molecule has 7 heteroatoms. The number of piperidine rings is 1. The van der Waals surface area contributed by atoms with Crippen molar-refractivity contribution in [1.82, 2.24) is 4.90 Å². The van der Waals surface area contributed by atoms with Crippen molar-refractivity contribution in [2.24, 2.45) is 17.4 Å². The molecule has 0 bridgehead atoms. The molecule has 4 N–H and O–H groups in total. The van der Waals surface area contributed by atoms with Gasteiger partial charge in [-0.2, -0.15) is 0 Å². The Morgan fingerprint density at radius 3 is 2.82 bits per heavy atom. The Labute approximate surface area is 129 Å². The third-order valence-electron chi connectivity index (χ3n) is 4.41. The number of hydrogen-bond acceptors (Lipinski definition) is 5. The van der Waals surface area contributed by atoms with Gasteiger partial charge in [0.15, 0.2) is 0 Å². The van der Waals surface area contributed by atoms with Crippen LogP contribution in [0.4, 0.5) is 5.69 Å². The Morgan fingerprint density at radius 1 is 1.50 bits per heavy atom. The van der Waals surface area contributed by atoms with Crippen LogP contribution in [0.1, 0.15) is 35.7 Å². The van der Waals surface area contributed by atoms with Crippen LogP contribution in [0.25, 0.3) is 0 Å². The zero-order valence-corrected chi connectivity index (χ0v) is 12.7. The normalized spacial score (nSPS) is 22.5. The molecule has 1 aliphatic heterocycles. The molecule has 1 aromatic rings. The fraction of sp³-hybridized carbons (Fsp3) is 0.533. The van der Waals surface area contributed by atoms with E-state index in [-0.39, 0.29) is 17.3 Å². The predicted molar refractivity (Wildman–Crippen MR) is 83.3 cm³/mol. The van der Waals surface area contributed by atoms with Gasteiger partial charge >= 0.3 is 0 Å². The van der Waals surface area contributed by atoms with Gasteiger partial charge in [0.25, 0.3) is 5.69 Å². The number of carbonyl (C=O) groups is 1. The van der Waals surface area contributed by atoms with Crippen LogP contribution >= 0.6 is 0 Å². The molecule has 0 aromatic heterocycles. The van der Waals surface area contributed by atoms with Gasteiger partial charge in [0, 0.05) is 36.3 Å². The molecule has 1 aromatic carbocycles. The van der Waals surface area contributed by atoms with E-state index in [1.807, 2.05) is 0 Å². The Kier molecular flexibility index (Phi) is 5.10. The number of carbonyl (C=O) groups excluding carboxylic acids is 1. The lowest BCUT2D eigenvalue weighted by atomic mass is 9.90. The summed E-state index contributed by atoms with van der Waals surface area (Å²) in [5, 5.41) is 11.3. The molecular formula is C15H22N4O3. The number of hydrogen-bond donors (Lipinski definition) is 2. The van der Waals surface area contributed by atoms with Crippen LogP contribution in [-0.4, -0.2) is 34.9 Å². The molecule has 2 unspecified atom stereocenters. The van der Waals surface area contributed by atoms with Gasteiger partial charge in [0.05, 0.1) is 4.92 Å². The number of amides is 1. The van der Waals surface area contributed by atoms with Gasteiger partial charge in [-0.15, -0.1) is 0 Å². The summed E-state index contributed by atoms with van der Waals surface area (Å²) in [5.41, 5.74) is 11.7. The van der Waals surface area contributed by atoms with Crippen molar-refractivity contribution in [3.05, 3.63) is 39.4 Å². The molecule has 0 saturated carbocycles. The summed E-state index contributed by atoms with van der Waals surface area (Å²) in [5.74, 6) is -0.191. The van der Waals surface area contributed by atoms with E-state index in [2.05, 4.69) is 11.8 Å². The number of likely N-dealkylation sites (tertiary alicyclic amines) is 1. The fourth-order valence-electron chi connectivity index (χ4n) is 3.15. The molecular weight excluding hydrogens is 284 g/mol. The quantitative estimate of drug-likeness (QED) is 0.627. The van der Waals surface area contributed by atoms with Crippen molar-refractivity contribution >= 4 is 11.6 Å². The van der Waals surface area contributed by atoms with E-state index in [9.17, 15) is 14.9 Å². The van der Waals surface area contributed by atoms with Crippen LogP contribution in [-0.2, 0) is 6.54 Å². The topological polar surface area (TPSA) is 115 Å². The molecule has 1 saturated heterocycles. The van der Waals surface area contributed by atoms with E-state index >= 15 is 0 Å². The monoisotopic (exact) mass is 306 g/mol. The number of nitrogens with zero attached hydrogens (tertiary/aromatic N) is 2. The number of rotatable bonds is 5. The molecule has 1 heterocycles. The highest BCUT2D eigenvalue weighted by atomic mass is 16.6. The highest BCUT2D eigenvalue weighted by molar-refractivity contribution is 5.93. The third kappa shape index (κ3) is 3.42. The lowest BCUT2D eigenvalue weighted by Gasteiger charge is -2.39. The molecule has 7 nitrogen and oxygen atoms in total. The average Bonchev–Trinajstić information content (AvgIpc) is 2.47. The largest absolute Gasteiger partial charge is 0.366 e. The Morgan fingerprint density at radius 2 is 2.23 bits per heavy atom. The first-order valence-electron chi connectivity index (χ1n) is 7.45. The number of nitro groups is 1.